The summed E-state index contributed by atoms with van der Waals surface area (Å²) in [7, 11) is -4.57. The Balaban J connectivity index is 3.76. The molecule has 0 fully saturated rings. The molecule has 0 amide bonds. The van der Waals surface area contributed by atoms with Crippen LogP contribution in [0.4, 0.5) is 17.6 Å². The van der Waals surface area contributed by atoms with Gasteiger partial charge in [-0.1, -0.05) is 6.58 Å². The standard InChI is InChI=1S/C8H4F4O2S/c1-2-15(13,14)8-6(11)4(9)3-5(10)7(8)12/h2-3H,1H2. The normalized spacial score (nSPS) is 11.5. The second kappa shape index (κ2) is 3.65. The second-order valence-corrected chi connectivity index (χ2v) is 4.34. The van der Waals surface area contributed by atoms with E-state index in [1.165, 1.54) is 0 Å². The molecule has 2 nitrogen and oxygen atoms in total. The van der Waals surface area contributed by atoms with Crippen LogP contribution in [0, 0.1) is 23.3 Å². The lowest BCUT2D eigenvalue weighted by atomic mass is 10.3. The summed E-state index contributed by atoms with van der Waals surface area (Å²) in [5, 5.41) is 0.202. The molecule has 0 radical (unpaired) electrons. The highest BCUT2D eigenvalue weighted by Crippen LogP contribution is 2.24. The Labute approximate surface area is 82.8 Å². The molecule has 1 rings (SSSR count). The lowest BCUT2D eigenvalue weighted by molar-refractivity contribution is 0.420. The van der Waals surface area contributed by atoms with E-state index < -0.39 is 38.0 Å². The molecule has 0 spiro atoms. The van der Waals surface area contributed by atoms with Crippen molar-refractivity contribution in [2.75, 3.05) is 0 Å². The fourth-order valence-corrected chi connectivity index (χ4v) is 1.75. The van der Waals surface area contributed by atoms with E-state index in [2.05, 4.69) is 6.58 Å². The highest BCUT2D eigenvalue weighted by atomic mass is 32.2. The summed E-state index contributed by atoms with van der Waals surface area (Å²) in [5.41, 5.74) is 0. The number of hydrogen-bond donors (Lipinski definition) is 0. The molecule has 1 aromatic carbocycles. The maximum atomic E-state index is 12.9. The molecule has 0 aliphatic carbocycles. The van der Waals surface area contributed by atoms with E-state index >= 15 is 0 Å². The van der Waals surface area contributed by atoms with Crippen molar-refractivity contribution >= 4 is 9.84 Å². The first-order valence-corrected chi connectivity index (χ1v) is 5.06. The van der Waals surface area contributed by atoms with Crippen molar-refractivity contribution in [1.29, 1.82) is 0 Å². The number of rotatable bonds is 2. The maximum absolute atomic E-state index is 12.9. The Morgan fingerprint density at radius 1 is 1.07 bits per heavy atom. The van der Waals surface area contributed by atoms with E-state index in [-0.39, 0.29) is 11.5 Å². The van der Waals surface area contributed by atoms with Gasteiger partial charge in [0.05, 0.1) is 0 Å². The summed E-state index contributed by atoms with van der Waals surface area (Å²) in [4.78, 5) is -1.67. The Bertz CT molecular complexity index is 496. The fourth-order valence-electron chi connectivity index (χ4n) is 0.884. The Morgan fingerprint density at radius 2 is 1.47 bits per heavy atom. The first-order chi connectivity index (χ1) is 6.81. The highest BCUT2D eigenvalue weighted by Gasteiger charge is 2.27. The van der Waals surface area contributed by atoms with Gasteiger partial charge in [0.1, 0.15) is 4.90 Å². The van der Waals surface area contributed by atoms with Crippen molar-refractivity contribution in [2.24, 2.45) is 0 Å². The van der Waals surface area contributed by atoms with Crippen LogP contribution in [0.1, 0.15) is 0 Å². The molecule has 0 saturated heterocycles. The quantitative estimate of drug-likeness (QED) is 0.586. The molecule has 82 valence electrons. The first-order valence-electron chi connectivity index (χ1n) is 3.51. The van der Waals surface area contributed by atoms with Gasteiger partial charge in [-0.3, -0.25) is 0 Å². The molecule has 0 atom stereocenters. The number of benzene rings is 1. The van der Waals surface area contributed by atoms with Crippen molar-refractivity contribution < 1.29 is 26.0 Å². The van der Waals surface area contributed by atoms with Crippen LogP contribution >= 0.6 is 0 Å². The zero-order chi connectivity index (χ0) is 11.8. The van der Waals surface area contributed by atoms with Crippen LogP contribution in [0.3, 0.4) is 0 Å². The highest BCUT2D eigenvalue weighted by molar-refractivity contribution is 7.94. The summed E-state index contributed by atoms with van der Waals surface area (Å²) in [6, 6.07) is -0.0766. The molecule has 1 aromatic rings. The SMILES string of the molecule is C=CS(=O)(=O)c1c(F)c(F)cc(F)c1F. The average molecular weight is 240 g/mol. The van der Waals surface area contributed by atoms with Crippen LogP contribution in [0.25, 0.3) is 0 Å². The van der Waals surface area contributed by atoms with E-state index in [1.54, 1.807) is 0 Å². The smallest absolute Gasteiger partial charge is 0.205 e. The lowest BCUT2D eigenvalue weighted by Crippen LogP contribution is -2.07. The molecule has 7 heteroatoms. The van der Waals surface area contributed by atoms with Crippen LogP contribution in [-0.2, 0) is 9.84 Å². The first kappa shape index (κ1) is 11.7. The maximum Gasteiger partial charge on any atom is 0.205 e. The van der Waals surface area contributed by atoms with Crippen molar-refractivity contribution in [3.8, 4) is 0 Å². The monoisotopic (exact) mass is 240 g/mol. The van der Waals surface area contributed by atoms with Crippen LogP contribution in [0.2, 0.25) is 0 Å². The van der Waals surface area contributed by atoms with E-state index in [1.807, 2.05) is 0 Å². The minimum atomic E-state index is -4.57. The summed E-state index contributed by atoms with van der Waals surface area (Å²) < 4.78 is 73.1. The third-order valence-electron chi connectivity index (χ3n) is 1.58. The summed E-state index contributed by atoms with van der Waals surface area (Å²) in [5.74, 6) is -7.49. The van der Waals surface area contributed by atoms with Gasteiger partial charge in [-0.15, -0.1) is 0 Å². The average Bonchev–Trinajstić information content (AvgIpc) is 2.15. The third-order valence-corrected chi connectivity index (χ3v) is 2.94. The molecule has 0 bridgehead atoms. The molecule has 0 saturated carbocycles. The van der Waals surface area contributed by atoms with Gasteiger partial charge in [0.2, 0.25) is 9.84 Å². The third kappa shape index (κ3) is 1.87. The van der Waals surface area contributed by atoms with Gasteiger partial charge in [0.25, 0.3) is 0 Å². The van der Waals surface area contributed by atoms with Crippen LogP contribution in [-0.4, -0.2) is 8.42 Å². The molecule has 0 heterocycles. The van der Waals surface area contributed by atoms with Gasteiger partial charge < -0.3 is 0 Å². The van der Waals surface area contributed by atoms with E-state index in [9.17, 15) is 26.0 Å². The molecule has 0 aliphatic heterocycles. The Hall–Kier alpha value is -1.37. The zero-order valence-corrected chi connectivity index (χ0v) is 7.91. The van der Waals surface area contributed by atoms with Gasteiger partial charge in [0.15, 0.2) is 23.3 Å². The molecular formula is C8H4F4O2S. The van der Waals surface area contributed by atoms with E-state index in [0.717, 1.165) is 0 Å². The molecule has 0 unspecified atom stereocenters. The van der Waals surface area contributed by atoms with Crippen LogP contribution < -0.4 is 0 Å². The minimum Gasteiger partial charge on any atom is -0.219 e. The van der Waals surface area contributed by atoms with Crippen LogP contribution in [0.5, 0.6) is 0 Å². The molecule has 0 N–H and O–H groups in total. The van der Waals surface area contributed by atoms with E-state index in [0.29, 0.717) is 0 Å². The Morgan fingerprint density at radius 3 is 1.80 bits per heavy atom. The van der Waals surface area contributed by atoms with Gasteiger partial charge in [-0.05, 0) is 0 Å². The zero-order valence-electron chi connectivity index (χ0n) is 7.10. The Kier molecular flexibility index (Phi) is 2.85. The predicted molar refractivity (Wildman–Crippen MR) is 43.7 cm³/mol. The van der Waals surface area contributed by atoms with E-state index in [4.69, 9.17) is 0 Å². The number of halogens is 4. The van der Waals surface area contributed by atoms with Gasteiger partial charge in [-0.25, -0.2) is 26.0 Å². The minimum absolute atomic E-state index is 0.0766. The summed E-state index contributed by atoms with van der Waals surface area (Å²) >= 11 is 0. The fraction of sp³-hybridized carbons (Fsp3) is 0. The van der Waals surface area contributed by atoms with Gasteiger partial charge in [-0.2, -0.15) is 0 Å². The molecule has 15 heavy (non-hydrogen) atoms. The van der Waals surface area contributed by atoms with Crippen molar-refractivity contribution in [3.63, 3.8) is 0 Å². The predicted octanol–water partition coefficient (Wildman–Crippen LogP) is 2.16. The largest absolute Gasteiger partial charge is 0.219 e. The van der Waals surface area contributed by atoms with Crippen LogP contribution in [0.15, 0.2) is 22.9 Å². The second-order valence-electron chi connectivity index (χ2n) is 2.51. The molecule has 0 aliphatic rings. The van der Waals surface area contributed by atoms with Crippen molar-refractivity contribution in [3.05, 3.63) is 41.3 Å². The lowest BCUT2D eigenvalue weighted by Gasteiger charge is -2.04. The van der Waals surface area contributed by atoms with Crippen molar-refractivity contribution in [2.45, 2.75) is 4.90 Å². The summed E-state index contributed by atoms with van der Waals surface area (Å²) in [6.45, 7) is 2.78. The topological polar surface area (TPSA) is 34.1 Å². The van der Waals surface area contributed by atoms with Gasteiger partial charge >= 0.3 is 0 Å². The number of sulfone groups is 1. The summed E-state index contributed by atoms with van der Waals surface area (Å²) in [6.07, 6.45) is 0. The number of hydrogen-bond acceptors (Lipinski definition) is 2. The van der Waals surface area contributed by atoms with Crippen molar-refractivity contribution in [1.82, 2.24) is 0 Å². The molecule has 0 aromatic heterocycles. The molecular weight excluding hydrogens is 236 g/mol. The van der Waals surface area contributed by atoms with Gasteiger partial charge in [0, 0.05) is 11.5 Å².